The molecule has 1 heterocycles. The minimum atomic E-state index is -2.55. The van der Waals surface area contributed by atoms with Crippen molar-refractivity contribution in [3.8, 4) is 5.75 Å². The van der Waals surface area contributed by atoms with Gasteiger partial charge in [0.25, 0.3) is 5.92 Å². The number of hydrogen-bond donors (Lipinski definition) is 0. The molecule has 1 aliphatic heterocycles. The minimum absolute atomic E-state index is 0.0533. The Morgan fingerprint density at radius 2 is 2.17 bits per heavy atom. The third-order valence-electron chi connectivity index (χ3n) is 3.16. The lowest BCUT2D eigenvalue weighted by Gasteiger charge is -2.19. The van der Waals surface area contributed by atoms with E-state index in [9.17, 15) is 8.78 Å². The molecule has 1 aromatic carbocycles. The average molecular weight is 320 g/mol. The van der Waals surface area contributed by atoms with Crippen LogP contribution in [0.3, 0.4) is 0 Å². The maximum Gasteiger partial charge on any atom is 0.261 e. The smallest absolute Gasteiger partial charge is 0.261 e. The quantitative estimate of drug-likeness (QED) is 0.844. The molecule has 1 saturated heterocycles. The number of benzene rings is 1. The summed E-state index contributed by atoms with van der Waals surface area (Å²) in [4.78, 5) is 1.77. The number of hydrogen-bond acceptors (Lipinski definition) is 2. The number of nitrogens with zero attached hydrogens (tertiary/aromatic N) is 1. The monoisotopic (exact) mass is 319 g/mol. The van der Waals surface area contributed by atoms with Crippen molar-refractivity contribution in [3.63, 3.8) is 0 Å². The molecular formula is C13H16BrF2NO. The SMILES string of the molecule is COc1c(C)cc(Br)cc1CN1CCC(F)(F)C1. The van der Waals surface area contributed by atoms with Gasteiger partial charge in [-0.2, -0.15) is 0 Å². The third-order valence-corrected chi connectivity index (χ3v) is 3.62. The first-order valence-electron chi connectivity index (χ1n) is 5.84. The summed E-state index contributed by atoms with van der Waals surface area (Å²) in [5.74, 6) is -1.76. The molecule has 18 heavy (non-hydrogen) atoms. The van der Waals surface area contributed by atoms with Gasteiger partial charge in [-0.15, -0.1) is 0 Å². The number of methoxy groups -OCH3 is 1. The summed E-state index contributed by atoms with van der Waals surface area (Å²) in [5.41, 5.74) is 1.95. The Morgan fingerprint density at radius 1 is 1.44 bits per heavy atom. The van der Waals surface area contributed by atoms with Crippen LogP contribution in [-0.2, 0) is 6.54 Å². The predicted octanol–water partition coefficient (Wildman–Crippen LogP) is 3.61. The molecule has 0 aromatic heterocycles. The number of ether oxygens (including phenoxy) is 1. The molecule has 0 atom stereocenters. The van der Waals surface area contributed by atoms with Crippen LogP contribution in [0.2, 0.25) is 0 Å². The zero-order chi connectivity index (χ0) is 13.3. The van der Waals surface area contributed by atoms with E-state index in [1.165, 1.54) is 0 Å². The highest BCUT2D eigenvalue weighted by Crippen LogP contribution is 2.32. The molecule has 1 aromatic rings. The summed E-state index contributed by atoms with van der Waals surface area (Å²) < 4.78 is 32.6. The van der Waals surface area contributed by atoms with Crippen molar-refractivity contribution in [1.82, 2.24) is 4.90 Å². The molecule has 0 amide bonds. The number of rotatable bonds is 3. The van der Waals surface area contributed by atoms with Crippen LogP contribution in [0.5, 0.6) is 5.75 Å². The molecule has 0 bridgehead atoms. The van der Waals surface area contributed by atoms with E-state index in [0.717, 1.165) is 21.3 Å². The number of alkyl halides is 2. The normalized spacial score (nSPS) is 19.2. The number of halogens is 3. The van der Waals surface area contributed by atoms with Crippen LogP contribution >= 0.6 is 15.9 Å². The fourth-order valence-corrected chi connectivity index (χ4v) is 3.01. The van der Waals surface area contributed by atoms with Gasteiger partial charge in [0.1, 0.15) is 5.75 Å². The van der Waals surface area contributed by atoms with Gasteiger partial charge >= 0.3 is 0 Å². The lowest BCUT2D eigenvalue weighted by molar-refractivity contribution is 0.0114. The average Bonchev–Trinajstić information content (AvgIpc) is 2.57. The summed E-state index contributed by atoms with van der Waals surface area (Å²) in [7, 11) is 1.61. The van der Waals surface area contributed by atoms with Crippen molar-refractivity contribution >= 4 is 15.9 Å². The summed E-state index contributed by atoms with van der Waals surface area (Å²) in [6, 6.07) is 3.89. The number of aryl methyl sites for hydroxylation is 1. The van der Waals surface area contributed by atoms with Gasteiger partial charge < -0.3 is 4.74 Å². The lowest BCUT2D eigenvalue weighted by Crippen LogP contribution is -2.25. The van der Waals surface area contributed by atoms with Crippen molar-refractivity contribution in [1.29, 1.82) is 0 Å². The van der Waals surface area contributed by atoms with Gasteiger partial charge in [0.2, 0.25) is 0 Å². The topological polar surface area (TPSA) is 12.5 Å². The molecule has 0 aliphatic carbocycles. The molecule has 0 saturated carbocycles. The molecule has 1 aliphatic rings. The molecule has 0 unspecified atom stereocenters. The maximum absolute atomic E-state index is 13.2. The minimum Gasteiger partial charge on any atom is -0.496 e. The van der Waals surface area contributed by atoms with E-state index in [4.69, 9.17) is 4.74 Å². The largest absolute Gasteiger partial charge is 0.496 e. The van der Waals surface area contributed by atoms with E-state index in [0.29, 0.717) is 13.1 Å². The van der Waals surface area contributed by atoms with Crippen molar-refractivity contribution in [3.05, 3.63) is 27.7 Å². The standard InChI is InChI=1S/C13H16BrF2NO/c1-9-5-11(14)6-10(12(9)18-2)7-17-4-3-13(15,16)8-17/h5-6H,3-4,7-8H2,1-2H3. The van der Waals surface area contributed by atoms with Crippen LogP contribution in [-0.4, -0.2) is 31.0 Å². The van der Waals surface area contributed by atoms with E-state index in [1.54, 1.807) is 12.0 Å². The van der Waals surface area contributed by atoms with E-state index in [-0.39, 0.29) is 13.0 Å². The Morgan fingerprint density at radius 3 is 2.72 bits per heavy atom. The Labute approximate surface area is 114 Å². The van der Waals surface area contributed by atoms with Gasteiger partial charge in [-0.3, -0.25) is 4.90 Å². The second-order valence-electron chi connectivity index (χ2n) is 4.73. The van der Waals surface area contributed by atoms with Gasteiger partial charge in [-0.05, 0) is 24.6 Å². The molecular weight excluding hydrogens is 304 g/mol. The third kappa shape index (κ3) is 3.01. The van der Waals surface area contributed by atoms with E-state index < -0.39 is 5.92 Å². The van der Waals surface area contributed by atoms with Crippen LogP contribution in [0, 0.1) is 6.92 Å². The molecule has 0 spiro atoms. The summed E-state index contributed by atoms with van der Waals surface area (Å²) in [5, 5.41) is 0. The second-order valence-corrected chi connectivity index (χ2v) is 5.65. The van der Waals surface area contributed by atoms with Gasteiger partial charge in [0.15, 0.2) is 0 Å². The fourth-order valence-electron chi connectivity index (χ4n) is 2.39. The summed E-state index contributed by atoms with van der Waals surface area (Å²) in [6.45, 7) is 2.72. The first-order chi connectivity index (χ1) is 8.41. The Bertz CT molecular complexity index is 451. The molecule has 0 radical (unpaired) electrons. The van der Waals surface area contributed by atoms with Crippen LogP contribution in [0.15, 0.2) is 16.6 Å². The lowest BCUT2D eigenvalue weighted by atomic mass is 10.1. The first-order valence-corrected chi connectivity index (χ1v) is 6.64. The van der Waals surface area contributed by atoms with E-state index in [2.05, 4.69) is 15.9 Å². The molecule has 2 rings (SSSR count). The Balaban J connectivity index is 2.19. The summed E-state index contributed by atoms with van der Waals surface area (Å²) in [6.07, 6.45) is -0.0533. The van der Waals surface area contributed by atoms with E-state index in [1.807, 2.05) is 19.1 Å². The predicted molar refractivity (Wildman–Crippen MR) is 70.3 cm³/mol. The van der Waals surface area contributed by atoms with Crippen molar-refractivity contribution < 1.29 is 13.5 Å². The molecule has 0 N–H and O–H groups in total. The van der Waals surface area contributed by atoms with E-state index >= 15 is 0 Å². The molecule has 1 fully saturated rings. The zero-order valence-electron chi connectivity index (χ0n) is 10.5. The molecule has 2 nitrogen and oxygen atoms in total. The first kappa shape index (κ1) is 13.7. The summed E-state index contributed by atoms with van der Waals surface area (Å²) >= 11 is 3.43. The zero-order valence-corrected chi connectivity index (χ0v) is 12.1. The van der Waals surface area contributed by atoms with Crippen LogP contribution in [0.1, 0.15) is 17.5 Å². The van der Waals surface area contributed by atoms with Crippen molar-refractivity contribution in [2.24, 2.45) is 0 Å². The van der Waals surface area contributed by atoms with Crippen LogP contribution in [0.25, 0.3) is 0 Å². The highest BCUT2D eigenvalue weighted by atomic mass is 79.9. The molecule has 100 valence electrons. The second kappa shape index (κ2) is 5.13. The fraction of sp³-hybridized carbons (Fsp3) is 0.538. The van der Waals surface area contributed by atoms with Gasteiger partial charge in [-0.1, -0.05) is 15.9 Å². The molecule has 5 heteroatoms. The maximum atomic E-state index is 13.2. The van der Waals surface area contributed by atoms with Gasteiger partial charge in [0, 0.05) is 29.5 Å². The number of likely N-dealkylation sites (tertiary alicyclic amines) is 1. The van der Waals surface area contributed by atoms with Gasteiger partial charge in [0.05, 0.1) is 13.7 Å². The van der Waals surface area contributed by atoms with Crippen molar-refractivity contribution in [2.75, 3.05) is 20.2 Å². The van der Waals surface area contributed by atoms with Crippen LogP contribution in [0.4, 0.5) is 8.78 Å². The highest BCUT2D eigenvalue weighted by molar-refractivity contribution is 9.10. The Kier molecular flexibility index (Phi) is 3.92. The Hall–Kier alpha value is -0.680. The highest BCUT2D eigenvalue weighted by Gasteiger charge is 2.38. The van der Waals surface area contributed by atoms with Gasteiger partial charge in [-0.25, -0.2) is 8.78 Å². The van der Waals surface area contributed by atoms with Crippen molar-refractivity contribution in [2.45, 2.75) is 25.8 Å². The van der Waals surface area contributed by atoms with Crippen LogP contribution < -0.4 is 4.74 Å².